The average molecular weight is 301 g/mol. The summed E-state index contributed by atoms with van der Waals surface area (Å²) >= 11 is 0. The number of piperidine rings is 2. The van der Waals surface area contributed by atoms with Gasteiger partial charge < -0.3 is 15.1 Å². The maximum Gasteiger partial charge on any atom is 0.317 e. The average Bonchev–Trinajstić information content (AvgIpc) is 2.61. The molecule has 0 radical (unpaired) electrons. The van der Waals surface area contributed by atoms with Crippen molar-refractivity contribution in [2.75, 3.05) is 26.2 Å². The fourth-order valence-electron chi connectivity index (χ4n) is 3.60. The van der Waals surface area contributed by atoms with Crippen molar-refractivity contribution in [2.45, 2.75) is 44.7 Å². The molecular formula is C18H27N3O. The third-order valence-electron chi connectivity index (χ3n) is 4.95. The third kappa shape index (κ3) is 4.01. The smallest absolute Gasteiger partial charge is 0.317 e. The van der Waals surface area contributed by atoms with Crippen molar-refractivity contribution in [1.82, 2.24) is 15.1 Å². The van der Waals surface area contributed by atoms with Crippen LogP contribution < -0.4 is 5.32 Å². The standard InChI is InChI=1S/C18H27N3O/c22-18(19-15-16-7-3-1-4-8-16)21-13-9-17(10-14-21)20-11-5-2-6-12-20/h1,3-4,7-8,17H,2,5-6,9-15H2,(H,19,22). The van der Waals surface area contributed by atoms with Crippen molar-refractivity contribution in [3.05, 3.63) is 35.9 Å². The van der Waals surface area contributed by atoms with Crippen molar-refractivity contribution >= 4 is 6.03 Å². The molecule has 0 saturated carbocycles. The lowest BCUT2D eigenvalue weighted by atomic mass is 10.0. The number of benzene rings is 1. The van der Waals surface area contributed by atoms with Gasteiger partial charge in [0.05, 0.1) is 0 Å². The fraction of sp³-hybridized carbons (Fsp3) is 0.611. The minimum Gasteiger partial charge on any atom is -0.334 e. The molecule has 0 atom stereocenters. The maximum atomic E-state index is 12.3. The first-order chi connectivity index (χ1) is 10.8. The van der Waals surface area contributed by atoms with Crippen LogP contribution in [0.15, 0.2) is 30.3 Å². The molecule has 0 unspecified atom stereocenters. The summed E-state index contributed by atoms with van der Waals surface area (Å²) < 4.78 is 0. The van der Waals surface area contributed by atoms with Gasteiger partial charge in [-0.3, -0.25) is 0 Å². The Balaban J connectivity index is 1.41. The lowest BCUT2D eigenvalue weighted by Gasteiger charge is -2.40. The van der Waals surface area contributed by atoms with E-state index >= 15 is 0 Å². The minimum absolute atomic E-state index is 0.0842. The molecule has 0 aromatic heterocycles. The highest BCUT2D eigenvalue weighted by Gasteiger charge is 2.27. The lowest BCUT2D eigenvalue weighted by molar-refractivity contribution is 0.101. The van der Waals surface area contributed by atoms with Gasteiger partial charge in [0.2, 0.25) is 0 Å². The maximum absolute atomic E-state index is 12.3. The zero-order chi connectivity index (χ0) is 15.2. The second-order valence-electron chi connectivity index (χ2n) is 6.46. The van der Waals surface area contributed by atoms with Crippen molar-refractivity contribution in [2.24, 2.45) is 0 Å². The Labute approximate surface area is 133 Å². The van der Waals surface area contributed by atoms with E-state index in [0.29, 0.717) is 12.6 Å². The predicted molar refractivity (Wildman–Crippen MR) is 88.7 cm³/mol. The number of carbonyl (C=O) groups excluding carboxylic acids is 1. The second kappa shape index (κ2) is 7.63. The predicted octanol–water partition coefficient (Wildman–Crippen LogP) is 2.85. The molecule has 4 heteroatoms. The fourth-order valence-corrected chi connectivity index (χ4v) is 3.60. The molecule has 0 bridgehead atoms. The number of carbonyl (C=O) groups is 1. The van der Waals surface area contributed by atoms with E-state index in [0.717, 1.165) is 31.5 Å². The van der Waals surface area contributed by atoms with E-state index in [4.69, 9.17) is 0 Å². The molecule has 22 heavy (non-hydrogen) atoms. The Morgan fingerprint density at radius 3 is 2.36 bits per heavy atom. The van der Waals surface area contributed by atoms with Crippen LogP contribution >= 0.6 is 0 Å². The molecule has 120 valence electrons. The van der Waals surface area contributed by atoms with E-state index < -0.39 is 0 Å². The number of nitrogens with zero attached hydrogens (tertiary/aromatic N) is 2. The summed E-state index contributed by atoms with van der Waals surface area (Å²) in [6, 6.07) is 10.9. The number of amides is 2. The van der Waals surface area contributed by atoms with Crippen molar-refractivity contribution in [3.8, 4) is 0 Å². The topological polar surface area (TPSA) is 35.6 Å². The molecule has 4 nitrogen and oxygen atoms in total. The van der Waals surface area contributed by atoms with Crippen LogP contribution in [0.3, 0.4) is 0 Å². The van der Waals surface area contributed by atoms with E-state index in [1.54, 1.807) is 0 Å². The van der Waals surface area contributed by atoms with Crippen LogP contribution in [0.4, 0.5) is 4.79 Å². The Morgan fingerprint density at radius 1 is 1.00 bits per heavy atom. The number of hydrogen-bond acceptors (Lipinski definition) is 2. The Morgan fingerprint density at radius 2 is 1.68 bits per heavy atom. The number of nitrogens with one attached hydrogen (secondary N) is 1. The molecule has 1 N–H and O–H groups in total. The van der Waals surface area contributed by atoms with Gasteiger partial charge in [0.25, 0.3) is 0 Å². The highest BCUT2D eigenvalue weighted by atomic mass is 16.2. The van der Waals surface area contributed by atoms with E-state index in [1.165, 1.54) is 32.4 Å². The number of rotatable bonds is 3. The van der Waals surface area contributed by atoms with Crippen LogP contribution in [-0.4, -0.2) is 48.1 Å². The second-order valence-corrected chi connectivity index (χ2v) is 6.46. The van der Waals surface area contributed by atoms with Crippen LogP contribution in [0, 0.1) is 0 Å². The van der Waals surface area contributed by atoms with Crippen molar-refractivity contribution in [1.29, 1.82) is 0 Å². The molecule has 2 heterocycles. The molecule has 2 aliphatic heterocycles. The van der Waals surface area contributed by atoms with Gasteiger partial charge in [-0.1, -0.05) is 36.8 Å². The van der Waals surface area contributed by atoms with Gasteiger partial charge in [0.1, 0.15) is 0 Å². The lowest BCUT2D eigenvalue weighted by Crippen LogP contribution is -2.50. The zero-order valence-electron chi connectivity index (χ0n) is 13.3. The van der Waals surface area contributed by atoms with Gasteiger partial charge in [0.15, 0.2) is 0 Å². The Bertz CT molecular complexity index is 462. The Kier molecular flexibility index (Phi) is 5.33. The highest BCUT2D eigenvalue weighted by Crippen LogP contribution is 2.20. The largest absolute Gasteiger partial charge is 0.334 e. The molecule has 1 aromatic rings. The molecule has 2 saturated heterocycles. The molecule has 2 amide bonds. The molecule has 2 fully saturated rings. The van der Waals surface area contributed by atoms with Gasteiger partial charge in [-0.15, -0.1) is 0 Å². The Hall–Kier alpha value is -1.55. The van der Waals surface area contributed by atoms with Gasteiger partial charge >= 0.3 is 6.03 Å². The summed E-state index contributed by atoms with van der Waals surface area (Å²) in [5.74, 6) is 0. The number of hydrogen-bond donors (Lipinski definition) is 1. The third-order valence-corrected chi connectivity index (χ3v) is 4.95. The number of likely N-dealkylation sites (tertiary alicyclic amines) is 2. The summed E-state index contributed by atoms with van der Waals surface area (Å²) in [5.41, 5.74) is 1.15. The van der Waals surface area contributed by atoms with Crippen LogP contribution in [0.1, 0.15) is 37.7 Å². The molecule has 2 aliphatic rings. The monoisotopic (exact) mass is 301 g/mol. The summed E-state index contributed by atoms with van der Waals surface area (Å²) in [5, 5.41) is 3.04. The summed E-state index contributed by atoms with van der Waals surface area (Å²) in [7, 11) is 0. The summed E-state index contributed by atoms with van der Waals surface area (Å²) in [6.45, 7) is 4.91. The van der Waals surface area contributed by atoms with Crippen LogP contribution in [0.5, 0.6) is 0 Å². The van der Waals surface area contributed by atoms with Crippen molar-refractivity contribution in [3.63, 3.8) is 0 Å². The molecular weight excluding hydrogens is 274 g/mol. The van der Waals surface area contributed by atoms with Gasteiger partial charge in [-0.2, -0.15) is 0 Å². The SMILES string of the molecule is O=C(NCc1ccccc1)N1CCC(N2CCCCC2)CC1. The van der Waals surface area contributed by atoms with Crippen LogP contribution in [0.25, 0.3) is 0 Å². The highest BCUT2D eigenvalue weighted by molar-refractivity contribution is 5.74. The summed E-state index contributed by atoms with van der Waals surface area (Å²) in [4.78, 5) is 16.9. The van der Waals surface area contributed by atoms with Crippen LogP contribution in [-0.2, 0) is 6.54 Å². The van der Waals surface area contributed by atoms with E-state index in [-0.39, 0.29) is 6.03 Å². The van der Waals surface area contributed by atoms with Crippen LogP contribution in [0.2, 0.25) is 0 Å². The molecule has 0 aliphatic carbocycles. The first kappa shape index (κ1) is 15.3. The van der Waals surface area contributed by atoms with Gasteiger partial charge in [-0.05, 0) is 44.3 Å². The van der Waals surface area contributed by atoms with Crippen molar-refractivity contribution < 1.29 is 4.79 Å². The normalized spacial score (nSPS) is 20.8. The summed E-state index contributed by atoms with van der Waals surface area (Å²) in [6.07, 6.45) is 6.32. The molecule has 1 aromatic carbocycles. The van der Waals surface area contributed by atoms with E-state index in [9.17, 15) is 4.79 Å². The van der Waals surface area contributed by atoms with Gasteiger partial charge in [0, 0.05) is 25.7 Å². The molecule has 0 spiro atoms. The first-order valence-corrected chi connectivity index (χ1v) is 8.64. The number of urea groups is 1. The minimum atomic E-state index is 0.0842. The quantitative estimate of drug-likeness (QED) is 0.932. The van der Waals surface area contributed by atoms with Gasteiger partial charge in [-0.25, -0.2) is 4.79 Å². The van der Waals surface area contributed by atoms with E-state index in [2.05, 4.69) is 10.2 Å². The van der Waals surface area contributed by atoms with E-state index in [1.807, 2.05) is 35.2 Å². The zero-order valence-corrected chi connectivity index (χ0v) is 13.3. The molecule has 3 rings (SSSR count). The first-order valence-electron chi connectivity index (χ1n) is 8.64.